The minimum Gasteiger partial charge on any atom is -0.354 e. The first-order chi connectivity index (χ1) is 12.9. The lowest BCUT2D eigenvalue weighted by Gasteiger charge is -2.25. The molecule has 1 aliphatic heterocycles. The Hall–Kier alpha value is -1.97. The standard InChI is InChI=1S/C18H23N3O4S2/c1-3-16(22)19-18-13(2)20-25-15(18)9-7-14-8-10-17(26-14)27(23,24)21-11-5-4-6-12-21/h7-10H,3-6,11-12H2,1-2H3,(H,19,22)/b9-7+. The summed E-state index contributed by atoms with van der Waals surface area (Å²) in [5, 5.41) is 6.65. The van der Waals surface area contributed by atoms with Gasteiger partial charge in [-0.25, -0.2) is 8.42 Å². The summed E-state index contributed by atoms with van der Waals surface area (Å²) in [6, 6.07) is 3.41. The van der Waals surface area contributed by atoms with E-state index in [9.17, 15) is 13.2 Å². The van der Waals surface area contributed by atoms with Gasteiger partial charge in [0.05, 0.1) is 0 Å². The van der Waals surface area contributed by atoms with E-state index in [1.54, 1.807) is 42.4 Å². The predicted octanol–water partition coefficient (Wildman–Crippen LogP) is 3.74. The zero-order valence-electron chi connectivity index (χ0n) is 15.4. The summed E-state index contributed by atoms with van der Waals surface area (Å²) < 4.78 is 32.6. The average Bonchev–Trinajstić information content (AvgIpc) is 3.29. The number of anilines is 1. The number of hydrogen-bond donors (Lipinski definition) is 1. The van der Waals surface area contributed by atoms with Crippen molar-refractivity contribution in [3.63, 3.8) is 0 Å². The molecule has 146 valence electrons. The van der Waals surface area contributed by atoms with Crippen LogP contribution in [-0.4, -0.2) is 36.9 Å². The molecular weight excluding hydrogens is 386 g/mol. The highest BCUT2D eigenvalue weighted by Crippen LogP contribution is 2.29. The molecule has 1 N–H and O–H groups in total. The third-order valence-corrected chi connectivity index (χ3v) is 7.80. The second-order valence-corrected chi connectivity index (χ2v) is 9.64. The van der Waals surface area contributed by atoms with Crippen LogP contribution < -0.4 is 5.32 Å². The van der Waals surface area contributed by atoms with E-state index in [4.69, 9.17) is 4.52 Å². The van der Waals surface area contributed by atoms with Crippen molar-refractivity contribution in [2.75, 3.05) is 18.4 Å². The first-order valence-electron chi connectivity index (χ1n) is 8.96. The fraction of sp³-hybridized carbons (Fsp3) is 0.444. The van der Waals surface area contributed by atoms with Crippen LogP contribution >= 0.6 is 11.3 Å². The van der Waals surface area contributed by atoms with Gasteiger partial charge in [-0.15, -0.1) is 11.3 Å². The van der Waals surface area contributed by atoms with E-state index >= 15 is 0 Å². The van der Waals surface area contributed by atoms with E-state index < -0.39 is 10.0 Å². The van der Waals surface area contributed by atoms with E-state index in [1.165, 1.54) is 11.3 Å². The molecule has 1 fully saturated rings. The van der Waals surface area contributed by atoms with E-state index in [2.05, 4.69) is 10.5 Å². The second kappa shape index (κ2) is 8.37. The summed E-state index contributed by atoms with van der Waals surface area (Å²) in [5.41, 5.74) is 1.13. The monoisotopic (exact) mass is 409 g/mol. The van der Waals surface area contributed by atoms with Crippen molar-refractivity contribution in [3.05, 3.63) is 28.5 Å². The number of sulfonamides is 1. The van der Waals surface area contributed by atoms with Gasteiger partial charge in [0.15, 0.2) is 5.76 Å². The molecule has 0 radical (unpaired) electrons. The van der Waals surface area contributed by atoms with E-state index in [1.807, 2.05) is 0 Å². The molecule has 3 rings (SSSR count). The molecule has 1 saturated heterocycles. The van der Waals surface area contributed by atoms with E-state index in [0.717, 1.165) is 24.1 Å². The molecule has 9 heteroatoms. The van der Waals surface area contributed by atoms with Gasteiger partial charge in [-0.3, -0.25) is 4.79 Å². The zero-order valence-corrected chi connectivity index (χ0v) is 17.0. The van der Waals surface area contributed by atoms with Crippen molar-refractivity contribution in [3.8, 4) is 0 Å². The van der Waals surface area contributed by atoms with Crippen molar-refractivity contribution >= 4 is 45.1 Å². The smallest absolute Gasteiger partial charge is 0.252 e. The van der Waals surface area contributed by atoms with Crippen LogP contribution in [0.1, 0.15) is 48.9 Å². The van der Waals surface area contributed by atoms with Gasteiger partial charge in [-0.05, 0) is 44.1 Å². The summed E-state index contributed by atoms with van der Waals surface area (Å²) in [5.74, 6) is 0.310. The first-order valence-corrected chi connectivity index (χ1v) is 11.2. The Bertz CT molecular complexity index is 938. The Morgan fingerprint density at radius 1 is 1.30 bits per heavy atom. The quantitative estimate of drug-likeness (QED) is 0.785. The van der Waals surface area contributed by atoms with Crippen molar-refractivity contribution in [1.82, 2.24) is 9.46 Å². The van der Waals surface area contributed by atoms with Gasteiger partial charge in [0, 0.05) is 24.4 Å². The normalized spacial score (nSPS) is 16.1. The van der Waals surface area contributed by atoms with Gasteiger partial charge in [0.25, 0.3) is 10.0 Å². The fourth-order valence-electron chi connectivity index (χ4n) is 2.83. The molecule has 0 atom stereocenters. The minimum absolute atomic E-state index is 0.123. The predicted molar refractivity (Wildman–Crippen MR) is 106 cm³/mol. The Labute approximate surface area is 163 Å². The van der Waals surface area contributed by atoms with E-state index in [0.29, 0.717) is 40.9 Å². The van der Waals surface area contributed by atoms with Crippen LogP contribution in [0.15, 0.2) is 20.9 Å². The highest BCUT2D eigenvalue weighted by atomic mass is 32.2. The maximum absolute atomic E-state index is 12.7. The number of thiophene rings is 1. The van der Waals surface area contributed by atoms with Crippen LogP contribution in [0.2, 0.25) is 0 Å². The Balaban J connectivity index is 1.77. The average molecular weight is 410 g/mol. The third kappa shape index (κ3) is 4.48. The zero-order chi connectivity index (χ0) is 19.4. The fourth-order valence-corrected chi connectivity index (χ4v) is 5.73. The molecule has 0 saturated carbocycles. The van der Waals surface area contributed by atoms with Gasteiger partial charge in [-0.1, -0.05) is 18.5 Å². The molecule has 0 aliphatic carbocycles. The molecule has 3 heterocycles. The molecule has 0 spiro atoms. The number of piperidine rings is 1. The topological polar surface area (TPSA) is 92.5 Å². The van der Waals surface area contributed by atoms with Crippen molar-refractivity contribution < 1.29 is 17.7 Å². The Morgan fingerprint density at radius 3 is 2.74 bits per heavy atom. The highest BCUT2D eigenvalue weighted by Gasteiger charge is 2.27. The van der Waals surface area contributed by atoms with Crippen LogP contribution in [0.5, 0.6) is 0 Å². The van der Waals surface area contributed by atoms with Crippen molar-refractivity contribution in [2.45, 2.75) is 43.7 Å². The van der Waals surface area contributed by atoms with Crippen LogP contribution in [0, 0.1) is 6.92 Å². The highest BCUT2D eigenvalue weighted by molar-refractivity contribution is 7.91. The number of aromatic nitrogens is 1. The maximum Gasteiger partial charge on any atom is 0.252 e. The molecule has 1 amide bonds. The third-order valence-electron chi connectivity index (χ3n) is 4.38. The lowest BCUT2D eigenvalue weighted by molar-refractivity contribution is -0.115. The van der Waals surface area contributed by atoms with Crippen molar-refractivity contribution in [1.29, 1.82) is 0 Å². The number of amides is 1. The molecule has 2 aromatic rings. The minimum atomic E-state index is -3.42. The molecular formula is C18H23N3O4S2. The number of carbonyl (C=O) groups is 1. The SMILES string of the molecule is CCC(=O)Nc1c(C)noc1/C=C/c1ccc(S(=O)(=O)N2CCCCC2)s1. The Kier molecular flexibility index (Phi) is 6.13. The molecule has 0 aromatic carbocycles. The molecule has 27 heavy (non-hydrogen) atoms. The van der Waals surface area contributed by atoms with Crippen LogP contribution in [0.3, 0.4) is 0 Å². The van der Waals surface area contributed by atoms with E-state index in [-0.39, 0.29) is 5.91 Å². The number of nitrogens with one attached hydrogen (secondary N) is 1. The number of nitrogens with zero attached hydrogens (tertiary/aromatic N) is 2. The van der Waals surface area contributed by atoms with Crippen LogP contribution in [0.25, 0.3) is 12.2 Å². The first kappa shape index (κ1) is 19.8. The molecule has 2 aromatic heterocycles. The number of aryl methyl sites for hydroxylation is 1. The van der Waals surface area contributed by atoms with Crippen LogP contribution in [0.4, 0.5) is 5.69 Å². The van der Waals surface area contributed by atoms with Gasteiger partial charge in [0.1, 0.15) is 15.6 Å². The lowest BCUT2D eigenvalue weighted by Crippen LogP contribution is -2.35. The summed E-state index contributed by atoms with van der Waals surface area (Å²) in [7, 11) is -3.42. The van der Waals surface area contributed by atoms with Gasteiger partial charge in [0.2, 0.25) is 5.91 Å². The summed E-state index contributed by atoms with van der Waals surface area (Å²) in [4.78, 5) is 12.4. The number of carbonyl (C=O) groups excluding carboxylic acids is 1. The second-order valence-electron chi connectivity index (χ2n) is 6.36. The van der Waals surface area contributed by atoms with Crippen molar-refractivity contribution in [2.24, 2.45) is 0 Å². The van der Waals surface area contributed by atoms with Gasteiger partial charge < -0.3 is 9.84 Å². The molecule has 0 unspecified atom stereocenters. The van der Waals surface area contributed by atoms with Gasteiger partial charge in [-0.2, -0.15) is 4.31 Å². The lowest BCUT2D eigenvalue weighted by atomic mass is 10.2. The van der Waals surface area contributed by atoms with Gasteiger partial charge >= 0.3 is 0 Å². The summed E-state index contributed by atoms with van der Waals surface area (Å²) >= 11 is 1.22. The summed E-state index contributed by atoms with van der Waals surface area (Å²) in [6.45, 7) is 4.69. The Morgan fingerprint density at radius 2 is 2.04 bits per heavy atom. The maximum atomic E-state index is 12.7. The largest absolute Gasteiger partial charge is 0.354 e. The molecule has 0 bridgehead atoms. The summed E-state index contributed by atoms with van der Waals surface area (Å²) in [6.07, 6.45) is 6.72. The number of hydrogen-bond acceptors (Lipinski definition) is 6. The van der Waals surface area contributed by atoms with Crippen LogP contribution in [-0.2, 0) is 14.8 Å². The number of rotatable bonds is 6. The molecule has 1 aliphatic rings. The molecule has 7 nitrogen and oxygen atoms in total.